The first-order chi connectivity index (χ1) is 14.6. The molecule has 0 aliphatic carbocycles. The summed E-state index contributed by atoms with van der Waals surface area (Å²) in [5.41, 5.74) is 3.73. The van der Waals surface area contributed by atoms with Gasteiger partial charge in [-0.2, -0.15) is 0 Å². The number of nitrogens with one attached hydrogen (secondary N) is 1. The predicted molar refractivity (Wildman–Crippen MR) is 113 cm³/mol. The van der Waals surface area contributed by atoms with Gasteiger partial charge in [-0.05, 0) is 42.3 Å². The average molecular weight is 400 g/mol. The molecule has 0 bridgehead atoms. The van der Waals surface area contributed by atoms with Crippen molar-refractivity contribution in [2.75, 3.05) is 6.54 Å². The molecule has 5 nitrogen and oxygen atoms in total. The largest absolute Gasteiger partial charge is 0.350 e. The van der Waals surface area contributed by atoms with Gasteiger partial charge in [0.2, 0.25) is 0 Å². The molecule has 1 amide bonds. The molecule has 0 saturated heterocycles. The van der Waals surface area contributed by atoms with Gasteiger partial charge in [-0.25, -0.2) is 9.07 Å². The summed E-state index contributed by atoms with van der Waals surface area (Å²) in [5, 5.41) is 11.1. The molecule has 1 heterocycles. The van der Waals surface area contributed by atoms with Crippen LogP contribution in [0.3, 0.4) is 0 Å². The van der Waals surface area contributed by atoms with E-state index in [1.54, 1.807) is 19.1 Å². The molecule has 0 saturated carbocycles. The van der Waals surface area contributed by atoms with E-state index in [-0.39, 0.29) is 23.3 Å². The number of amides is 1. The second-order valence-electron chi connectivity index (χ2n) is 7.00. The molecule has 30 heavy (non-hydrogen) atoms. The van der Waals surface area contributed by atoms with Crippen LogP contribution in [0.4, 0.5) is 4.39 Å². The third-order valence-corrected chi connectivity index (χ3v) is 5.05. The lowest BCUT2D eigenvalue weighted by Crippen LogP contribution is -2.29. The maximum Gasteiger partial charge on any atom is 0.273 e. The Morgan fingerprint density at radius 2 is 1.50 bits per heavy atom. The fourth-order valence-corrected chi connectivity index (χ4v) is 3.44. The minimum Gasteiger partial charge on any atom is -0.350 e. The molecule has 1 N–H and O–H groups in total. The number of hydrogen-bond donors (Lipinski definition) is 1. The molecule has 0 spiro atoms. The van der Waals surface area contributed by atoms with E-state index >= 15 is 0 Å². The van der Waals surface area contributed by atoms with Gasteiger partial charge in [-0.1, -0.05) is 65.9 Å². The number of carbonyl (C=O) groups excluding carboxylic acids is 1. The van der Waals surface area contributed by atoms with Crippen LogP contribution in [0, 0.1) is 12.7 Å². The second kappa shape index (κ2) is 8.69. The molecule has 4 rings (SSSR count). The van der Waals surface area contributed by atoms with Crippen molar-refractivity contribution in [3.63, 3.8) is 0 Å². The van der Waals surface area contributed by atoms with Crippen LogP contribution in [-0.4, -0.2) is 27.4 Å². The van der Waals surface area contributed by atoms with Crippen molar-refractivity contribution in [2.24, 2.45) is 0 Å². The molecule has 0 fully saturated rings. The van der Waals surface area contributed by atoms with Crippen molar-refractivity contribution < 1.29 is 9.18 Å². The zero-order chi connectivity index (χ0) is 20.9. The van der Waals surface area contributed by atoms with Crippen LogP contribution < -0.4 is 5.32 Å². The van der Waals surface area contributed by atoms with Gasteiger partial charge in [0.1, 0.15) is 5.82 Å². The van der Waals surface area contributed by atoms with Crippen molar-refractivity contribution in [1.29, 1.82) is 0 Å². The first-order valence-electron chi connectivity index (χ1n) is 9.70. The minimum atomic E-state index is -0.331. The number of rotatable bonds is 6. The van der Waals surface area contributed by atoms with Crippen LogP contribution in [0.15, 0.2) is 84.9 Å². The number of carbonyl (C=O) groups is 1. The molecule has 0 aliphatic rings. The third kappa shape index (κ3) is 4.12. The molecule has 6 heteroatoms. The molecule has 0 unspecified atom stereocenters. The zero-order valence-electron chi connectivity index (χ0n) is 16.5. The van der Waals surface area contributed by atoms with Gasteiger partial charge in [0, 0.05) is 12.5 Å². The number of halogens is 1. The lowest BCUT2D eigenvalue weighted by molar-refractivity contribution is 0.0946. The fraction of sp³-hybridized carbons (Fsp3) is 0.125. The summed E-state index contributed by atoms with van der Waals surface area (Å²) in [5.74, 6) is -0.608. The van der Waals surface area contributed by atoms with Crippen molar-refractivity contribution in [3.8, 4) is 5.69 Å². The van der Waals surface area contributed by atoms with Gasteiger partial charge in [0.15, 0.2) is 5.69 Å². The van der Waals surface area contributed by atoms with Crippen molar-refractivity contribution in [2.45, 2.75) is 12.8 Å². The summed E-state index contributed by atoms with van der Waals surface area (Å²) in [7, 11) is 0. The van der Waals surface area contributed by atoms with E-state index in [9.17, 15) is 9.18 Å². The van der Waals surface area contributed by atoms with E-state index in [2.05, 4.69) is 39.9 Å². The summed E-state index contributed by atoms with van der Waals surface area (Å²) in [6.07, 6.45) is 0. The van der Waals surface area contributed by atoms with E-state index in [0.29, 0.717) is 17.9 Å². The first-order valence-corrected chi connectivity index (χ1v) is 9.70. The van der Waals surface area contributed by atoms with Gasteiger partial charge in [0.25, 0.3) is 5.91 Å². The lowest BCUT2D eigenvalue weighted by atomic mass is 9.91. The third-order valence-electron chi connectivity index (χ3n) is 5.05. The van der Waals surface area contributed by atoms with Crippen LogP contribution in [0.2, 0.25) is 0 Å². The van der Waals surface area contributed by atoms with Crippen LogP contribution in [0.25, 0.3) is 5.69 Å². The molecule has 0 atom stereocenters. The summed E-state index contributed by atoms with van der Waals surface area (Å²) >= 11 is 0. The number of aromatic nitrogens is 3. The summed E-state index contributed by atoms with van der Waals surface area (Å²) in [4.78, 5) is 12.8. The summed E-state index contributed by atoms with van der Waals surface area (Å²) in [6, 6.07) is 26.0. The van der Waals surface area contributed by atoms with Crippen molar-refractivity contribution >= 4 is 5.91 Å². The first kappa shape index (κ1) is 19.5. The standard InChI is InChI=1S/C24H21FN4O/c1-17-23(27-28-29(17)21-14-12-20(25)13-15-21)24(30)26-16-22(18-8-4-2-5-9-18)19-10-6-3-7-11-19/h2-15,22H,16H2,1H3,(H,26,30). The predicted octanol–water partition coefficient (Wildman–Crippen LogP) is 4.28. The number of hydrogen-bond acceptors (Lipinski definition) is 3. The molecule has 0 aliphatic heterocycles. The van der Waals surface area contributed by atoms with Gasteiger partial charge >= 0.3 is 0 Å². The van der Waals surface area contributed by atoms with Crippen LogP contribution in [0.1, 0.15) is 33.2 Å². The Morgan fingerprint density at radius 3 is 2.07 bits per heavy atom. The lowest BCUT2D eigenvalue weighted by Gasteiger charge is -2.18. The SMILES string of the molecule is Cc1c(C(=O)NCC(c2ccccc2)c2ccccc2)nnn1-c1ccc(F)cc1. The highest BCUT2D eigenvalue weighted by atomic mass is 19.1. The monoisotopic (exact) mass is 400 g/mol. The highest BCUT2D eigenvalue weighted by molar-refractivity contribution is 5.93. The molecule has 1 aromatic heterocycles. The molecule has 3 aromatic carbocycles. The van der Waals surface area contributed by atoms with E-state index in [4.69, 9.17) is 0 Å². The topological polar surface area (TPSA) is 59.8 Å². The molecule has 0 radical (unpaired) electrons. The molecular formula is C24H21FN4O. The Morgan fingerprint density at radius 1 is 0.933 bits per heavy atom. The number of benzene rings is 3. The van der Waals surface area contributed by atoms with Crippen LogP contribution >= 0.6 is 0 Å². The smallest absolute Gasteiger partial charge is 0.273 e. The fourth-order valence-electron chi connectivity index (χ4n) is 3.44. The van der Waals surface area contributed by atoms with Crippen LogP contribution in [0.5, 0.6) is 0 Å². The van der Waals surface area contributed by atoms with E-state index in [1.165, 1.54) is 16.8 Å². The highest BCUT2D eigenvalue weighted by Crippen LogP contribution is 2.24. The quantitative estimate of drug-likeness (QED) is 0.526. The Kier molecular flexibility index (Phi) is 5.66. The van der Waals surface area contributed by atoms with Gasteiger partial charge in [-0.3, -0.25) is 4.79 Å². The average Bonchev–Trinajstić information content (AvgIpc) is 3.17. The zero-order valence-corrected chi connectivity index (χ0v) is 16.5. The normalized spacial score (nSPS) is 10.9. The minimum absolute atomic E-state index is 0.0174. The number of nitrogens with zero attached hydrogens (tertiary/aromatic N) is 3. The maximum absolute atomic E-state index is 13.2. The summed E-state index contributed by atoms with van der Waals surface area (Å²) < 4.78 is 14.7. The molecular weight excluding hydrogens is 379 g/mol. The van der Waals surface area contributed by atoms with Crippen molar-refractivity contribution in [1.82, 2.24) is 20.3 Å². The Balaban J connectivity index is 1.54. The maximum atomic E-state index is 13.2. The van der Waals surface area contributed by atoms with Gasteiger partial charge < -0.3 is 5.32 Å². The van der Waals surface area contributed by atoms with E-state index in [1.807, 2.05) is 36.4 Å². The Hall–Kier alpha value is -3.80. The summed E-state index contributed by atoms with van der Waals surface area (Å²) in [6.45, 7) is 2.19. The van der Waals surface area contributed by atoms with Gasteiger partial charge in [-0.15, -0.1) is 5.10 Å². The second-order valence-corrected chi connectivity index (χ2v) is 7.00. The molecule has 4 aromatic rings. The molecule has 150 valence electrons. The Labute approximate surface area is 174 Å². The highest BCUT2D eigenvalue weighted by Gasteiger charge is 2.20. The Bertz CT molecular complexity index is 1090. The van der Waals surface area contributed by atoms with Crippen molar-refractivity contribution in [3.05, 3.63) is 113 Å². The van der Waals surface area contributed by atoms with Gasteiger partial charge in [0.05, 0.1) is 11.4 Å². The van der Waals surface area contributed by atoms with E-state index < -0.39 is 0 Å². The van der Waals surface area contributed by atoms with Crippen LogP contribution in [-0.2, 0) is 0 Å². The van der Waals surface area contributed by atoms with E-state index in [0.717, 1.165) is 11.1 Å².